The molecule has 0 unspecified atom stereocenters. The first kappa shape index (κ1) is 17.4. The Morgan fingerprint density at radius 2 is 1.92 bits per heavy atom. The Kier molecular flexibility index (Phi) is 5.97. The van der Waals surface area contributed by atoms with Gasteiger partial charge in [-0.25, -0.2) is 9.78 Å². The summed E-state index contributed by atoms with van der Waals surface area (Å²) in [4.78, 5) is 30.4. The standard InChI is InChI=1S/C17H21N5O2S/c23-15(22-10-8-18-9-11-22)7-6-14-12-25-17(20-14)21-16(24)19-13-4-2-1-3-5-13/h1-5,12,18H,6-11H2,(H2,19,20,21,24). The monoisotopic (exact) mass is 359 g/mol. The lowest BCUT2D eigenvalue weighted by molar-refractivity contribution is -0.131. The molecule has 0 bridgehead atoms. The van der Waals surface area contributed by atoms with Crippen molar-refractivity contribution >= 4 is 34.1 Å². The molecule has 0 atom stereocenters. The Hall–Kier alpha value is -2.45. The maximum atomic E-state index is 12.2. The number of carbonyl (C=O) groups is 2. The van der Waals surface area contributed by atoms with Crippen LogP contribution < -0.4 is 16.0 Å². The second-order valence-electron chi connectivity index (χ2n) is 5.72. The lowest BCUT2D eigenvalue weighted by Gasteiger charge is -2.27. The summed E-state index contributed by atoms with van der Waals surface area (Å²) in [5, 5.41) is 11.1. The maximum absolute atomic E-state index is 12.2. The molecule has 1 fully saturated rings. The van der Waals surface area contributed by atoms with Gasteiger partial charge in [-0.1, -0.05) is 18.2 Å². The summed E-state index contributed by atoms with van der Waals surface area (Å²) in [7, 11) is 0. The van der Waals surface area contributed by atoms with Gasteiger partial charge in [0.2, 0.25) is 5.91 Å². The molecular formula is C17H21N5O2S. The van der Waals surface area contributed by atoms with Gasteiger partial charge in [0, 0.05) is 43.7 Å². The lowest BCUT2D eigenvalue weighted by Crippen LogP contribution is -2.46. The summed E-state index contributed by atoms with van der Waals surface area (Å²) < 4.78 is 0. The van der Waals surface area contributed by atoms with Crippen molar-refractivity contribution in [1.29, 1.82) is 0 Å². The molecule has 1 saturated heterocycles. The highest BCUT2D eigenvalue weighted by atomic mass is 32.1. The predicted octanol–water partition coefficient (Wildman–Crippen LogP) is 2.15. The Labute approximate surface area is 150 Å². The van der Waals surface area contributed by atoms with Crippen LogP contribution in [0, 0.1) is 0 Å². The first-order chi connectivity index (χ1) is 12.2. The number of carbonyl (C=O) groups excluding carboxylic acids is 2. The van der Waals surface area contributed by atoms with Crippen LogP contribution in [0.1, 0.15) is 12.1 Å². The summed E-state index contributed by atoms with van der Waals surface area (Å²) in [5.41, 5.74) is 1.54. The summed E-state index contributed by atoms with van der Waals surface area (Å²) in [6, 6.07) is 8.89. The third-order valence-electron chi connectivity index (χ3n) is 3.87. The van der Waals surface area contributed by atoms with E-state index in [9.17, 15) is 9.59 Å². The van der Waals surface area contributed by atoms with Gasteiger partial charge in [-0.2, -0.15) is 0 Å². The van der Waals surface area contributed by atoms with Crippen LogP contribution in [0.15, 0.2) is 35.7 Å². The van der Waals surface area contributed by atoms with Gasteiger partial charge in [-0.05, 0) is 18.6 Å². The normalized spacial score (nSPS) is 14.2. The van der Waals surface area contributed by atoms with Crippen LogP contribution in [0.3, 0.4) is 0 Å². The number of amides is 3. The number of para-hydroxylation sites is 1. The molecule has 0 spiro atoms. The van der Waals surface area contributed by atoms with E-state index in [1.165, 1.54) is 11.3 Å². The number of benzene rings is 1. The minimum Gasteiger partial charge on any atom is -0.340 e. The van der Waals surface area contributed by atoms with Gasteiger partial charge in [0.25, 0.3) is 0 Å². The highest BCUT2D eigenvalue weighted by Crippen LogP contribution is 2.17. The van der Waals surface area contributed by atoms with E-state index >= 15 is 0 Å². The minimum atomic E-state index is -0.330. The molecule has 3 N–H and O–H groups in total. The van der Waals surface area contributed by atoms with Crippen LogP contribution in [0.2, 0.25) is 0 Å². The smallest absolute Gasteiger partial charge is 0.325 e. The molecule has 2 heterocycles. The number of anilines is 2. The number of rotatable bonds is 5. The molecule has 0 radical (unpaired) electrons. The van der Waals surface area contributed by atoms with Crippen LogP contribution in [0.5, 0.6) is 0 Å². The Balaban J connectivity index is 1.45. The van der Waals surface area contributed by atoms with E-state index in [1.807, 2.05) is 40.6 Å². The van der Waals surface area contributed by atoms with Crippen molar-refractivity contribution in [3.05, 3.63) is 41.4 Å². The zero-order valence-electron chi connectivity index (χ0n) is 13.8. The van der Waals surface area contributed by atoms with E-state index in [0.29, 0.717) is 18.0 Å². The molecule has 8 heteroatoms. The topological polar surface area (TPSA) is 86.4 Å². The first-order valence-corrected chi connectivity index (χ1v) is 9.14. The van der Waals surface area contributed by atoms with Crippen molar-refractivity contribution in [3.63, 3.8) is 0 Å². The highest BCUT2D eigenvalue weighted by molar-refractivity contribution is 7.13. The van der Waals surface area contributed by atoms with Crippen molar-refractivity contribution in [2.45, 2.75) is 12.8 Å². The molecule has 3 amide bonds. The minimum absolute atomic E-state index is 0.158. The van der Waals surface area contributed by atoms with E-state index in [2.05, 4.69) is 20.9 Å². The third-order valence-corrected chi connectivity index (χ3v) is 4.68. The van der Waals surface area contributed by atoms with E-state index in [-0.39, 0.29) is 11.9 Å². The van der Waals surface area contributed by atoms with Gasteiger partial charge in [0.05, 0.1) is 5.69 Å². The molecular weight excluding hydrogens is 338 g/mol. The van der Waals surface area contributed by atoms with Crippen molar-refractivity contribution in [1.82, 2.24) is 15.2 Å². The SMILES string of the molecule is O=C(Nc1ccccc1)Nc1nc(CCC(=O)N2CCNCC2)cs1. The largest absolute Gasteiger partial charge is 0.340 e. The quantitative estimate of drug-likeness (QED) is 0.763. The average molecular weight is 359 g/mol. The molecule has 132 valence electrons. The fraction of sp³-hybridized carbons (Fsp3) is 0.353. The first-order valence-electron chi connectivity index (χ1n) is 8.26. The van der Waals surface area contributed by atoms with Crippen molar-refractivity contribution in [2.75, 3.05) is 36.8 Å². The summed E-state index contributed by atoms with van der Waals surface area (Å²) >= 11 is 1.36. The molecule has 0 aliphatic carbocycles. The van der Waals surface area contributed by atoms with Crippen LogP contribution in [0.25, 0.3) is 0 Å². The van der Waals surface area contributed by atoms with Gasteiger partial charge in [0.1, 0.15) is 0 Å². The van der Waals surface area contributed by atoms with Gasteiger partial charge in [-0.3, -0.25) is 10.1 Å². The van der Waals surface area contributed by atoms with Gasteiger partial charge >= 0.3 is 6.03 Å². The molecule has 1 aromatic heterocycles. The number of nitrogens with zero attached hydrogens (tertiary/aromatic N) is 2. The van der Waals surface area contributed by atoms with Crippen molar-refractivity contribution in [2.24, 2.45) is 0 Å². The zero-order chi connectivity index (χ0) is 17.5. The molecule has 2 aromatic rings. The maximum Gasteiger partial charge on any atom is 0.325 e. The second-order valence-corrected chi connectivity index (χ2v) is 6.58. The van der Waals surface area contributed by atoms with Gasteiger partial charge in [-0.15, -0.1) is 11.3 Å². The van der Waals surface area contributed by atoms with Crippen LogP contribution >= 0.6 is 11.3 Å². The van der Waals surface area contributed by atoms with E-state index in [0.717, 1.165) is 37.6 Å². The summed E-state index contributed by atoms with van der Waals surface area (Å²) in [6.45, 7) is 3.24. The molecule has 1 aliphatic rings. The number of piperazine rings is 1. The fourth-order valence-corrected chi connectivity index (χ4v) is 3.31. The van der Waals surface area contributed by atoms with E-state index < -0.39 is 0 Å². The van der Waals surface area contributed by atoms with Crippen LogP contribution in [0.4, 0.5) is 15.6 Å². The Morgan fingerprint density at radius 1 is 1.16 bits per heavy atom. The summed E-state index contributed by atoms with van der Waals surface area (Å²) in [5.74, 6) is 0.158. The number of hydrogen-bond acceptors (Lipinski definition) is 5. The fourth-order valence-electron chi connectivity index (χ4n) is 2.57. The number of aryl methyl sites for hydroxylation is 1. The number of nitrogens with one attached hydrogen (secondary N) is 3. The van der Waals surface area contributed by atoms with Crippen LogP contribution in [-0.2, 0) is 11.2 Å². The second kappa shape index (κ2) is 8.59. The number of urea groups is 1. The van der Waals surface area contributed by atoms with Crippen LogP contribution in [-0.4, -0.2) is 48.0 Å². The van der Waals surface area contributed by atoms with Crippen molar-refractivity contribution in [3.8, 4) is 0 Å². The molecule has 3 rings (SSSR count). The van der Waals surface area contributed by atoms with Crippen molar-refractivity contribution < 1.29 is 9.59 Å². The van der Waals surface area contributed by atoms with Gasteiger partial charge in [0.15, 0.2) is 5.13 Å². The third kappa shape index (κ3) is 5.27. The molecule has 1 aromatic carbocycles. The molecule has 1 aliphatic heterocycles. The average Bonchev–Trinajstić information content (AvgIpc) is 3.08. The van der Waals surface area contributed by atoms with Gasteiger partial charge < -0.3 is 15.5 Å². The zero-order valence-corrected chi connectivity index (χ0v) is 14.6. The Bertz CT molecular complexity index is 713. The van der Waals surface area contributed by atoms with E-state index in [4.69, 9.17) is 0 Å². The number of thiazole rings is 1. The molecule has 7 nitrogen and oxygen atoms in total. The number of hydrogen-bond donors (Lipinski definition) is 3. The van der Waals surface area contributed by atoms with E-state index in [1.54, 1.807) is 0 Å². The summed E-state index contributed by atoms with van der Waals surface area (Å²) in [6.07, 6.45) is 1.03. The lowest BCUT2D eigenvalue weighted by atomic mass is 10.2. The predicted molar refractivity (Wildman–Crippen MR) is 99.0 cm³/mol. The number of aromatic nitrogens is 1. The Morgan fingerprint density at radius 3 is 2.68 bits per heavy atom. The molecule has 25 heavy (non-hydrogen) atoms. The molecule has 0 saturated carbocycles. The highest BCUT2D eigenvalue weighted by Gasteiger charge is 2.16.